The number of aryl methyl sites for hydroxylation is 1. The van der Waals surface area contributed by atoms with Gasteiger partial charge in [0.1, 0.15) is 23.9 Å². The zero-order valence-corrected chi connectivity index (χ0v) is 18.0. The number of ether oxygens (including phenoxy) is 1. The molecule has 3 aromatic heterocycles. The van der Waals surface area contributed by atoms with E-state index in [1.54, 1.807) is 16.9 Å². The Kier molecular flexibility index (Phi) is 4.73. The zero-order valence-electron chi connectivity index (χ0n) is 16.4. The quantitative estimate of drug-likeness (QED) is 0.359. The Bertz CT molecular complexity index is 1490. The molecule has 0 spiro atoms. The number of nitrogens with zero attached hydrogens (tertiary/aromatic N) is 5. The Morgan fingerprint density at radius 3 is 2.84 bits per heavy atom. The van der Waals surface area contributed by atoms with Gasteiger partial charge in [-0.2, -0.15) is 10.4 Å². The van der Waals surface area contributed by atoms with Gasteiger partial charge < -0.3 is 10.1 Å². The van der Waals surface area contributed by atoms with E-state index in [1.807, 2.05) is 55.5 Å². The van der Waals surface area contributed by atoms with Crippen molar-refractivity contribution in [1.29, 1.82) is 5.26 Å². The van der Waals surface area contributed by atoms with Crippen molar-refractivity contribution in [3.8, 4) is 17.6 Å². The molecule has 7 nitrogen and oxygen atoms in total. The molecule has 0 atom stereocenters. The van der Waals surface area contributed by atoms with E-state index in [1.165, 1.54) is 6.33 Å². The molecule has 0 radical (unpaired) electrons. The summed E-state index contributed by atoms with van der Waals surface area (Å²) >= 11 is 3.50. The van der Waals surface area contributed by atoms with Crippen molar-refractivity contribution in [2.45, 2.75) is 6.92 Å². The molecule has 0 saturated heterocycles. The number of pyridine rings is 2. The largest absolute Gasteiger partial charge is 0.457 e. The molecule has 0 aliphatic heterocycles. The van der Waals surface area contributed by atoms with Gasteiger partial charge in [0, 0.05) is 34.0 Å². The molecule has 0 amide bonds. The fraction of sp³-hybridized carbons (Fsp3) is 0.0435. The minimum atomic E-state index is 0.477. The second kappa shape index (κ2) is 7.70. The summed E-state index contributed by atoms with van der Waals surface area (Å²) in [6.07, 6.45) is 4.89. The van der Waals surface area contributed by atoms with E-state index < -0.39 is 0 Å². The summed E-state index contributed by atoms with van der Waals surface area (Å²) in [5, 5.41) is 17.9. The molecular weight excluding hydrogens is 456 g/mol. The van der Waals surface area contributed by atoms with Gasteiger partial charge in [-0.15, -0.1) is 0 Å². The summed E-state index contributed by atoms with van der Waals surface area (Å²) in [5.74, 6) is 1.42. The number of halogens is 1. The molecule has 3 heterocycles. The van der Waals surface area contributed by atoms with Crippen LogP contribution < -0.4 is 10.1 Å². The number of anilines is 2. The Morgan fingerprint density at radius 1 is 1.10 bits per heavy atom. The molecule has 5 rings (SSSR count). The molecule has 150 valence electrons. The van der Waals surface area contributed by atoms with Crippen LogP contribution in [0.15, 0.2) is 71.7 Å². The van der Waals surface area contributed by atoms with Crippen LogP contribution in [-0.4, -0.2) is 19.6 Å². The van der Waals surface area contributed by atoms with Crippen LogP contribution in [0.2, 0.25) is 0 Å². The third-order valence-corrected chi connectivity index (χ3v) is 5.37. The van der Waals surface area contributed by atoms with Gasteiger partial charge in [0.25, 0.3) is 0 Å². The first-order chi connectivity index (χ1) is 15.1. The highest BCUT2D eigenvalue weighted by molar-refractivity contribution is 9.10. The number of nitrogens with one attached hydrogen (secondary N) is 1. The van der Waals surface area contributed by atoms with Crippen molar-refractivity contribution in [3.05, 3.63) is 82.9 Å². The average Bonchev–Trinajstić information content (AvgIpc) is 3.24. The lowest BCUT2D eigenvalue weighted by Crippen LogP contribution is -1.98. The summed E-state index contributed by atoms with van der Waals surface area (Å²) in [7, 11) is 0. The molecule has 8 heteroatoms. The molecule has 0 bridgehead atoms. The van der Waals surface area contributed by atoms with Crippen molar-refractivity contribution in [2.24, 2.45) is 0 Å². The van der Waals surface area contributed by atoms with E-state index in [0.717, 1.165) is 38.1 Å². The lowest BCUT2D eigenvalue weighted by atomic mass is 10.1. The number of nitriles is 1. The van der Waals surface area contributed by atoms with Crippen LogP contribution in [0.3, 0.4) is 0 Å². The number of hydrogen-bond donors (Lipinski definition) is 1. The third kappa shape index (κ3) is 3.67. The third-order valence-electron chi connectivity index (χ3n) is 4.87. The molecule has 0 fully saturated rings. The molecule has 0 unspecified atom stereocenters. The molecule has 0 saturated carbocycles. The van der Waals surface area contributed by atoms with Crippen LogP contribution in [0.25, 0.3) is 16.6 Å². The van der Waals surface area contributed by atoms with Crippen LogP contribution in [0.4, 0.5) is 11.4 Å². The number of aromatic nitrogens is 4. The maximum atomic E-state index is 9.57. The second-order valence-electron chi connectivity index (χ2n) is 6.95. The lowest BCUT2D eigenvalue weighted by molar-refractivity contribution is 0.478. The van der Waals surface area contributed by atoms with E-state index in [4.69, 9.17) is 4.74 Å². The molecule has 1 N–H and O–H groups in total. The van der Waals surface area contributed by atoms with E-state index in [9.17, 15) is 5.26 Å². The second-order valence-corrected chi connectivity index (χ2v) is 7.87. The first-order valence-electron chi connectivity index (χ1n) is 9.44. The predicted octanol–water partition coefficient (Wildman–Crippen LogP) is 5.76. The standard InChI is InChI=1S/C23H15BrN6O/c1-14-8-17(3-5-21(14)31-18-6-7-30-22(10-18)27-13-28-30)29-23-15(11-25)12-26-20-4-2-16(24)9-19(20)23/h2-10,12-13H,1H3,(H,26,29). The topological polar surface area (TPSA) is 88.1 Å². The van der Waals surface area contributed by atoms with Crippen LogP contribution >= 0.6 is 15.9 Å². The first-order valence-corrected chi connectivity index (χ1v) is 10.2. The molecule has 5 aromatic rings. The van der Waals surface area contributed by atoms with Crippen LogP contribution in [0.5, 0.6) is 11.5 Å². The van der Waals surface area contributed by atoms with E-state index in [2.05, 4.69) is 42.4 Å². The smallest absolute Gasteiger partial charge is 0.158 e. The van der Waals surface area contributed by atoms with Crippen molar-refractivity contribution >= 4 is 43.9 Å². The van der Waals surface area contributed by atoms with Crippen molar-refractivity contribution in [2.75, 3.05) is 5.32 Å². The summed E-state index contributed by atoms with van der Waals surface area (Å²) in [6, 6.07) is 17.5. The van der Waals surface area contributed by atoms with Crippen molar-refractivity contribution in [3.63, 3.8) is 0 Å². The first kappa shape index (κ1) is 19.0. The highest BCUT2D eigenvalue weighted by Gasteiger charge is 2.11. The number of fused-ring (bicyclic) bond motifs is 2. The maximum Gasteiger partial charge on any atom is 0.158 e. The molecular formula is C23H15BrN6O. The number of benzene rings is 2. The lowest BCUT2D eigenvalue weighted by Gasteiger charge is -2.14. The maximum absolute atomic E-state index is 9.57. The van der Waals surface area contributed by atoms with Gasteiger partial charge in [-0.05, 0) is 55.0 Å². The minimum Gasteiger partial charge on any atom is -0.457 e. The fourth-order valence-corrected chi connectivity index (χ4v) is 3.72. The van der Waals surface area contributed by atoms with Crippen LogP contribution in [0, 0.1) is 18.3 Å². The fourth-order valence-electron chi connectivity index (χ4n) is 3.36. The Labute approximate surface area is 186 Å². The van der Waals surface area contributed by atoms with Gasteiger partial charge in [0.15, 0.2) is 5.65 Å². The SMILES string of the molecule is Cc1cc(Nc2c(C#N)cnc3ccc(Br)cc23)ccc1Oc1ccn2ncnc2c1. The number of hydrogen-bond acceptors (Lipinski definition) is 6. The summed E-state index contributed by atoms with van der Waals surface area (Å²) in [6.45, 7) is 1.97. The summed E-state index contributed by atoms with van der Waals surface area (Å²) in [5.41, 5.74) is 4.52. The van der Waals surface area contributed by atoms with E-state index >= 15 is 0 Å². The van der Waals surface area contributed by atoms with Crippen molar-refractivity contribution in [1.82, 2.24) is 19.6 Å². The van der Waals surface area contributed by atoms with Gasteiger partial charge in [-0.1, -0.05) is 15.9 Å². The minimum absolute atomic E-state index is 0.477. The highest BCUT2D eigenvalue weighted by Crippen LogP contribution is 2.33. The van der Waals surface area contributed by atoms with Gasteiger partial charge in [-0.3, -0.25) is 4.98 Å². The average molecular weight is 471 g/mol. The normalized spacial score (nSPS) is 10.9. The van der Waals surface area contributed by atoms with Gasteiger partial charge in [0.05, 0.1) is 16.8 Å². The summed E-state index contributed by atoms with van der Waals surface area (Å²) in [4.78, 5) is 8.56. The monoisotopic (exact) mass is 470 g/mol. The van der Waals surface area contributed by atoms with Gasteiger partial charge >= 0.3 is 0 Å². The number of rotatable bonds is 4. The molecule has 0 aliphatic carbocycles. The van der Waals surface area contributed by atoms with E-state index in [-0.39, 0.29) is 0 Å². The van der Waals surface area contributed by atoms with E-state index in [0.29, 0.717) is 17.0 Å². The zero-order chi connectivity index (χ0) is 21.4. The summed E-state index contributed by atoms with van der Waals surface area (Å²) < 4.78 is 8.64. The highest BCUT2D eigenvalue weighted by atomic mass is 79.9. The van der Waals surface area contributed by atoms with Gasteiger partial charge in [0.2, 0.25) is 0 Å². The molecule has 0 aliphatic rings. The van der Waals surface area contributed by atoms with Crippen molar-refractivity contribution < 1.29 is 4.74 Å². The van der Waals surface area contributed by atoms with Crippen LogP contribution in [0.1, 0.15) is 11.1 Å². The Hall–Kier alpha value is -3.96. The Balaban J connectivity index is 1.47. The van der Waals surface area contributed by atoms with Gasteiger partial charge in [-0.25, -0.2) is 9.50 Å². The Morgan fingerprint density at radius 2 is 2.00 bits per heavy atom. The predicted molar refractivity (Wildman–Crippen MR) is 122 cm³/mol. The van der Waals surface area contributed by atoms with Crippen LogP contribution in [-0.2, 0) is 0 Å². The molecule has 31 heavy (non-hydrogen) atoms. The molecule has 2 aromatic carbocycles.